The molecule has 0 spiro atoms. The van der Waals surface area contributed by atoms with Gasteiger partial charge in [-0.3, -0.25) is 4.79 Å². The molecule has 168 valence electrons. The molecule has 3 aromatic carbocycles. The van der Waals surface area contributed by atoms with Crippen molar-refractivity contribution < 1.29 is 37.3 Å². The minimum atomic E-state index is -4.76. The number of hydrogen-bond donors (Lipinski definition) is 2. The van der Waals surface area contributed by atoms with Crippen LogP contribution in [0.15, 0.2) is 66.7 Å². The van der Waals surface area contributed by atoms with Gasteiger partial charge in [-0.1, -0.05) is 48.5 Å². The largest absolute Gasteiger partial charge is 0.490 e. The van der Waals surface area contributed by atoms with Gasteiger partial charge in [0, 0.05) is 5.39 Å². The van der Waals surface area contributed by atoms with Crippen LogP contribution in [0.25, 0.3) is 10.8 Å². The number of aliphatic carboxylic acids is 1. The summed E-state index contributed by atoms with van der Waals surface area (Å²) in [6, 6.07) is 16.9. The van der Waals surface area contributed by atoms with E-state index >= 15 is 0 Å². The van der Waals surface area contributed by atoms with Crippen LogP contribution in [0, 0.1) is 0 Å². The second-order valence-corrected chi connectivity index (χ2v) is 6.86. The Hall–Kier alpha value is -3.75. The fraction of sp³-hybridized carbons (Fsp3) is 0.217. The maximum Gasteiger partial charge on any atom is 0.391 e. The number of rotatable bonds is 9. The first kappa shape index (κ1) is 22.9. The first-order valence-corrected chi connectivity index (χ1v) is 9.67. The van der Waals surface area contributed by atoms with Crippen LogP contribution in [0.5, 0.6) is 11.5 Å². The van der Waals surface area contributed by atoms with E-state index in [1.165, 1.54) is 6.07 Å². The van der Waals surface area contributed by atoms with Crippen molar-refractivity contribution in [1.82, 2.24) is 5.32 Å². The van der Waals surface area contributed by atoms with Crippen molar-refractivity contribution in [3.63, 3.8) is 0 Å². The third-order valence-corrected chi connectivity index (χ3v) is 4.50. The third kappa shape index (κ3) is 6.13. The zero-order valence-corrected chi connectivity index (χ0v) is 16.8. The first-order chi connectivity index (χ1) is 15.2. The molecule has 9 heteroatoms. The molecule has 6 nitrogen and oxygen atoms in total. The summed E-state index contributed by atoms with van der Waals surface area (Å²) < 4.78 is 49.4. The molecule has 0 saturated heterocycles. The van der Waals surface area contributed by atoms with Crippen LogP contribution in [0.4, 0.5) is 13.2 Å². The molecule has 0 saturated carbocycles. The molecule has 0 aliphatic carbocycles. The van der Waals surface area contributed by atoms with E-state index in [4.69, 9.17) is 14.6 Å². The van der Waals surface area contributed by atoms with Crippen LogP contribution < -0.4 is 14.8 Å². The van der Waals surface area contributed by atoms with Crippen molar-refractivity contribution in [2.45, 2.75) is 18.6 Å². The van der Waals surface area contributed by atoms with Gasteiger partial charge in [0.1, 0.15) is 30.8 Å². The highest BCUT2D eigenvalue weighted by atomic mass is 19.4. The molecule has 0 radical (unpaired) electrons. The van der Waals surface area contributed by atoms with Gasteiger partial charge in [-0.05, 0) is 23.6 Å². The SMILES string of the molecule is O=C(NC(CC(F)(F)F)C(=O)O)c1ccc2ccccc2c1OCCOc1ccccc1. The fourth-order valence-electron chi connectivity index (χ4n) is 3.06. The quantitative estimate of drug-likeness (QED) is 0.474. The Kier molecular flexibility index (Phi) is 7.19. The Bertz CT molecular complexity index is 1090. The lowest BCUT2D eigenvalue weighted by Crippen LogP contribution is -2.43. The van der Waals surface area contributed by atoms with Crippen molar-refractivity contribution in [1.29, 1.82) is 0 Å². The number of amides is 1. The number of halogens is 3. The molecule has 1 unspecified atom stereocenters. The highest BCUT2D eigenvalue weighted by Crippen LogP contribution is 2.30. The Labute approximate surface area is 181 Å². The standard InChI is InChI=1S/C23H20F3NO5/c24-23(25,26)14-19(22(29)30)27-21(28)18-11-10-15-6-4-5-9-17(15)20(18)32-13-12-31-16-7-2-1-3-8-16/h1-11,19H,12-14H2,(H,27,28)(H,29,30). The minimum absolute atomic E-state index is 0.0497. The summed E-state index contributed by atoms with van der Waals surface area (Å²) in [6.45, 7) is 0.203. The molecule has 0 aliphatic heterocycles. The van der Waals surface area contributed by atoms with E-state index in [-0.39, 0.29) is 24.5 Å². The van der Waals surface area contributed by atoms with Crippen molar-refractivity contribution in [3.05, 3.63) is 72.3 Å². The van der Waals surface area contributed by atoms with Gasteiger partial charge in [0.25, 0.3) is 5.91 Å². The molecule has 0 heterocycles. The molecule has 0 aromatic heterocycles. The number of benzene rings is 3. The normalized spacial score (nSPS) is 12.2. The molecule has 0 aliphatic rings. The summed E-state index contributed by atoms with van der Waals surface area (Å²) in [6.07, 6.45) is -6.45. The number of carbonyl (C=O) groups is 2. The molecule has 32 heavy (non-hydrogen) atoms. The lowest BCUT2D eigenvalue weighted by atomic mass is 10.0. The topological polar surface area (TPSA) is 84.9 Å². The Morgan fingerprint density at radius 3 is 2.25 bits per heavy atom. The minimum Gasteiger partial charge on any atom is -0.490 e. The predicted molar refractivity (Wildman–Crippen MR) is 111 cm³/mol. The third-order valence-electron chi connectivity index (χ3n) is 4.50. The summed E-state index contributed by atoms with van der Waals surface area (Å²) in [5, 5.41) is 12.3. The smallest absolute Gasteiger partial charge is 0.391 e. The number of alkyl halides is 3. The van der Waals surface area contributed by atoms with Gasteiger partial charge in [0.15, 0.2) is 0 Å². The Balaban J connectivity index is 1.81. The fourth-order valence-corrected chi connectivity index (χ4v) is 3.06. The lowest BCUT2D eigenvalue weighted by molar-refractivity contribution is -0.157. The van der Waals surface area contributed by atoms with E-state index in [0.717, 1.165) is 5.39 Å². The van der Waals surface area contributed by atoms with Crippen LogP contribution in [-0.4, -0.2) is 42.4 Å². The monoisotopic (exact) mass is 447 g/mol. The Morgan fingerprint density at radius 2 is 1.56 bits per heavy atom. The highest BCUT2D eigenvalue weighted by molar-refractivity contribution is 6.04. The zero-order valence-electron chi connectivity index (χ0n) is 16.8. The number of fused-ring (bicyclic) bond motifs is 1. The van der Waals surface area contributed by atoms with E-state index in [9.17, 15) is 22.8 Å². The second-order valence-electron chi connectivity index (χ2n) is 6.86. The second kappa shape index (κ2) is 10.0. The number of ether oxygens (including phenoxy) is 2. The van der Waals surface area contributed by atoms with Crippen molar-refractivity contribution in [3.8, 4) is 11.5 Å². The van der Waals surface area contributed by atoms with Gasteiger partial charge < -0.3 is 19.9 Å². The molecule has 3 rings (SSSR count). The van der Waals surface area contributed by atoms with Gasteiger partial charge in [0.05, 0.1) is 12.0 Å². The summed E-state index contributed by atoms with van der Waals surface area (Å²) in [5.41, 5.74) is -0.0724. The van der Waals surface area contributed by atoms with Gasteiger partial charge in [-0.2, -0.15) is 13.2 Å². The number of hydrogen-bond acceptors (Lipinski definition) is 4. The van der Waals surface area contributed by atoms with E-state index in [0.29, 0.717) is 11.1 Å². The molecular formula is C23H20F3NO5. The van der Waals surface area contributed by atoms with Crippen LogP contribution in [-0.2, 0) is 4.79 Å². The maximum absolute atomic E-state index is 12.7. The molecule has 3 aromatic rings. The number of nitrogens with one attached hydrogen (secondary N) is 1. The zero-order chi connectivity index (χ0) is 23.1. The summed E-state index contributed by atoms with van der Waals surface area (Å²) in [4.78, 5) is 23.9. The van der Waals surface area contributed by atoms with Crippen molar-refractivity contribution in [2.75, 3.05) is 13.2 Å². The maximum atomic E-state index is 12.7. The number of carboxylic acids is 1. The first-order valence-electron chi connectivity index (χ1n) is 9.67. The van der Waals surface area contributed by atoms with E-state index in [2.05, 4.69) is 0 Å². The lowest BCUT2D eigenvalue weighted by Gasteiger charge is -2.19. The summed E-state index contributed by atoms with van der Waals surface area (Å²) >= 11 is 0. The summed E-state index contributed by atoms with van der Waals surface area (Å²) in [7, 11) is 0. The summed E-state index contributed by atoms with van der Waals surface area (Å²) in [5.74, 6) is -2.00. The van der Waals surface area contributed by atoms with Gasteiger partial charge >= 0.3 is 12.1 Å². The number of carboxylic acid groups (broad SMARTS) is 1. The molecule has 0 bridgehead atoms. The van der Waals surface area contributed by atoms with Crippen molar-refractivity contribution in [2.24, 2.45) is 0 Å². The number of carbonyl (C=O) groups excluding carboxylic acids is 1. The van der Waals surface area contributed by atoms with E-state index < -0.39 is 30.5 Å². The highest BCUT2D eigenvalue weighted by Gasteiger charge is 2.36. The van der Waals surface area contributed by atoms with Gasteiger partial charge in [-0.15, -0.1) is 0 Å². The van der Waals surface area contributed by atoms with Gasteiger partial charge in [-0.25, -0.2) is 4.79 Å². The van der Waals surface area contributed by atoms with E-state index in [1.807, 2.05) is 23.5 Å². The van der Waals surface area contributed by atoms with Crippen LogP contribution in [0.3, 0.4) is 0 Å². The van der Waals surface area contributed by atoms with E-state index in [1.54, 1.807) is 42.5 Å². The van der Waals surface area contributed by atoms with Crippen molar-refractivity contribution >= 4 is 22.6 Å². The molecule has 1 amide bonds. The van der Waals surface area contributed by atoms with Gasteiger partial charge in [0.2, 0.25) is 0 Å². The van der Waals surface area contributed by atoms with Crippen LogP contribution in [0.1, 0.15) is 16.8 Å². The molecule has 2 N–H and O–H groups in total. The average Bonchev–Trinajstić information content (AvgIpc) is 2.75. The van der Waals surface area contributed by atoms with Crippen LogP contribution >= 0.6 is 0 Å². The molecular weight excluding hydrogens is 427 g/mol. The number of para-hydroxylation sites is 1. The average molecular weight is 447 g/mol. The Morgan fingerprint density at radius 1 is 0.906 bits per heavy atom. The predicted octanol–water partition coefficient (Wildman–Crippen LogP) is 4.43. The van der Waals surface area contributed by atoms with Crippen LogP contribution in [0.2, 0.25) is 0 Å². The molecule has 1 atom stereocenters. The molecule has 0 fully saturated rings.